The molecular weight excluding hydrogens is 136 g/mol. The van der Waals surface area contributed by atoms with Crippen LogP contribution in [0.25, 0.3) is 0 Å². The smallest absolute Gasteiger partial charge is 0.104 e. The molecule has 1 aliphatic heterocycles. The van der Waals surface area contributed by atoms with Crippen molar-refractivity contribution in [1.82, 2.24) is 4.31 Å². The molecule has 1 aliphatic rings. The zero-order valence-corrected chi connectivity index (χ0v) is 6.41. The van der Waals surface area contributed by atoms with Crippen LogP contribution in [-0.4, -0.2) is 27.9 Å². The molecule has 1 unspecified atom stereocenters. The first-order chi connectivity index (χ1) is 4.11. The van der Waals surface area contributed by atoms with E-state index in [2.05, 4.69) is 0 Å². The van der Waals surface area contributed by atoms with Crippen LogP contribution in [0, 0.1) is 4.78 Å². The maximum absolute atomic E-state index is 11.0. The lowest BCUT2D eigenvalue weighted by Crippen LogP contribution is -2.24. The predicted molar refractivity (Wildman–Crippen MR) is 37.6 cm³/mol. The van der Waals surface area contributed by atoms with Crippen molar-refractivity contribution < 1.29 is 4.21 Å². The number of hydrogen-bond donors (Lipinski definition) is 1. The second kappa shape index (κ2) is 2.27. The van der Waals surface area contributed by atoms with Gasteiger partial charge in [-0.1, -0.05) is 0 Å². The predicted octanol–water partition coefficient (Wildman–Crippen LogP) is 0.674. The first-order valence-electron chi connectivity index (χ1n) is 3.09. The van der Waals surface area contributed by atoms with Gasteiger partial charge in [-0.2, -0.15) is 0 Å². The third kappa shape index (κ3) is 1.66. The van der Waals surface area contributed by atoms with Crippen molar-refractivity contribution in [2.45, 2.75) is 12.8 Å². The van der Waals surface area contributed by atoms with Crippen molar-refractivity contribution >= 4 is 9.92 Å². The number of rotatable bonds is 1. The Balaban J connectivity index is 2.63. The number of hydrogen-bond acceptors (Lipinski definition) is 2. The normalized spacial score (nSPS) is 28.1. The van der Waals surface area contributed by atoms with E-state index in [0.717, 1.165) is 25.9 Å². The molecule has 0 spiro atoms. The summed E-state index contributed by atoms with van der Waals surface area (Å²) in [6.45, 7) is 1.69. The van der Waals surface area contributed by atoms with Gasteiger partial charge in [-0.25, -0.2) is 13.3 Å². The van der Waals surface area contributed by atoms with Gasteiger partial charge in [0.1, 0.15) is 9.92 Å². The number of nitrogens with one attached hydrogen (secondary N) is 1. The molecule has 1 heterocycles. The Kier molecular flexibility index (Phi) is 1.77. The van der Waals surface area contributed by atoms with Gasteiger partial charge in [0.05, 0.1) is 0 Å². The van der Waals surface area contributed by atoms with Crippen LogP contribution >= 0.6 is 0 Å². The molecule has 1 N–H and O–H groups in total. The highest BCUT2D eigenvalue weighted by molar-refractivity contribution is 7.89. The van der Waals surface area contributed by atoms with Gasteiger partial charge in [0.25, 0.3) is 0 Å². The van der Waals surface area contributed by atoms with Crippen molar-refractivity contribution in [3.8, 4) is 0 Å². The highest BCUT2D eigenvalue weighted by Crippen LogP contribution is 2.10. The molecule has 0 aromatic carbocycles. The van der Waals surface area contributed by atoms with Crippen molar-refractivity contribution in [2.24, 2.45) is 0 Å². The third-order valence-corrected chi connectivity index (χ3v) is 2.91. The maximum Gasteiger partial charge on any atom is 0.104 e. The van der Waals surface area contributed by atoms with Gasteiger partial charge in [-0.15, -0.1) is 0 Å². The largest absolute Gasteiger partial charge is 0.240 e. The third-order valence-electron chi connectivity index (χ3n) is 1.56. The fourth-order valence-electron chi connectivity index (χ4n) is 1.04. The Morgan fingerprint density at radius 3 is 2.11 bits per heavy atom. The van der Waals surface area contributed by atoms with E-state index in [1.54, 1.807) is 4.31 Å². The zero-order chi connectivity index (χ0) is 6.91. The average molecular weight is 148 g/mol. The standard InChI is InChI=1S/C5H12N2OS/c1-9(6,8)7-4-2-3-5-7/h6H,2-5H2,1H3. The topological polar surface area (TPSA) is 44.2 Å². The summed E-state index contributed by atoms with van der Waals surface area (Å²) in [4.78, 5) is 0. The molecule has 0 bridgehead atoms. The monoisotopic (exact) mass is 148 g/mol. The molecule has 9 heavy (non-hydrogen) atoms. The minimum atomic E-state index is -2.37. The fraction of sp³-hybridized carbons (Fsp3) is 1.00. The van der Waals surface area contributed by atoms with Gasteiger partial charge in [0.2, 0.25) is 0 Å². The highest BCUT2D eigenvalue weighted by atomic mass is 32.2. The zero-order valence-electron chi connectivity index (χ0n) is 5.59. The lowest BCUT2D eigenvalue weighted by Gasteiger charge is -2.13. The fourth-order valence-corrected chi connectivity index (χ4v) is 1.99. The summed E-state index contributed by atoms with van der Waals surface area (Å²) in [5, 5.41) is 0. The van der Waals surface area contributed by atoms with Gasteiger partial charge < -0.3 is 0 Å². The quantitative estimate of drug-likeness (QED) is 0.583. The summed E-state index contributed by atoms with van der Waals surface area (Å²) in [6.07, 6.45) is 3.69. The Morgan fingerprint density at radius 1 is 1.44 bits per heavy atom. The minimum absolute atomic E-state index is 0.846. The lowest BCUT2D eigenvalue weighted by atomic mass is 10.4. The SMILES string of the molecule is CS(=N)(=O)N1CCCC1. The van der Waals surface area contributed by atoms with E-state index in [4.69, 9.17) is 4.78 Å². The molecular formula is C5H12N2OS. The first kappa shape index (κ1) is 7.02. The Bertz CT molecular complexity index is 179. The van der Waals surface area contributed by atoms with Crippen LogP contribution in [0.1, 0.15) is 12.8 Å². The maximum atomic E-state index is 11.0. The lowest BCUT2D eigenvalue weighted by molar-refractivity contribution is 0.529. The molecule has 0 aromatic heterocycles. The molecule has 0 aliphatic carbocycles. The van der Waals surface area contributed by atoms with Crippen LogP contribution in [0.15, 0.2) is 0 Å². The van der Waals surface area contributed by atoms with Crippen LogP contribution in [0.3, 0.4) is 0 Å². The van der Waals surface area contributed by atoms with E-state index >= 15 is 0 Å². The Morgan fingerprint density at radius 2 is 1.89 bits per heavy atom. The van der Waals surface area contributed by atoms with E-state index < -0.39 is 9.92 Å². The average Bonchev–Trinajstić information content (AvgIpc) is 2.08. The number of nitrogens with zero attached hydrogens (tertiary/aromatic N) is 1. The van der Waals surface area contributed by atoms with Gasteiger partial charge in [0.15, 0.2) is 0 Å². The second-order valence-corrected chi connectivity index (χ2v) is 4.56. The molecule has 1 fully saturated rings. The first-order valence-corrected chi connectivity index (χ1v) is 5.02. The van der Waals surface area contributed by atoms with E-state index in [1.165, 1.54) is 6.26 Å². The molecule has 0 saturated carbocycles. The molecule has 3 nitrogen and oxygen atoms in total. The summed E-state index contributed by atoms with van der Waals surface area (Å²) in [5.41, 5.74) is 0. The second-order valence-electron chi connectivity index (χ2n) is 2.44. The van der Waals surface area contributed by atoms with E-state index in [0.29, 0.717) is 0 Å². The Labute approximate surface area is 56.2 Å². The summed E-state index contributed by atoms with van der Waals surface area (Å²) in [6, 6.07) is 0. The molecule has 0 aromatic rings. The molecule has 1 saturated heterocycles. The molecule has 1 atom stereocenters. The van der Waals surface area contributed by atoms with E-state index in [-0.39, 0.29) is 0 Å². The summed E-state index contributed by atoms with van der Waals surface area (Å²) < 4.78 is 19.9. The van der Waals surface area contributed by atoms with Crippen LogP contribution in [-0.2, 0) is 9.92 Å². The van der Waals surface area contributed by atoms with Crippen LogP contribution in [0.5, 0.6) is 0 Å². The van der Waals surface area contributed by atoms with Crippen LogP contribution < -0.4 is 0 Å². The van der Waals surface area contributed by atoms with Crippen molar-refractivity contribution in [1.29, 1.82) is 4.78 Å². The summed E-state index contributed by atoms with van der Waals surface area (Å²) >= 11 is 0. The molecule has 54 valence electrons. The van der Waals surface area contributed by atoms with Crippen molar-refractivity contribution in [3.05, 3.63) is 0 Å². The van der Waals surface area contributed by atoms with Gasteiger partial charge >= 0.3 is 0 Å². The van der Waals surface area contributed by atoms with Crippen molar-refractivity contribution in [3.63, 3.8) is 0 Å². The van der Waals surface area contributed by atoms with E-state index in [9.17, 15) is 4.21 Å². The Hall–Kier alpha value is -0.0900. The van der Waals surface area contributed by atoms with Gasteiger partial charge in [-0.3, -0.25) is 0 Å². The summed E-state index contributed by atoms with van der Waals surface area (Å²) in [7, 11) is -2.37. The van der Waals surface area contributed by atoms with Gasteiger partial charge in [0, 0.05) is 19.3 Å². The summed E-state index contributed by atoms with van der Waals surface area (Å²) in [5.74, 6) is 0. The molecule has 4 heteroatoms. The van der Waals surface area contributed by atoms with Crippen LogP contribution in [0.4, 0.5) is 0 Å². The minimum Gasteiger partial charge on any atom is -0.240 e. The van der Waals surface area contributed by atoms with Crippen molar-refractivity contribution in [2.75, 3.05) is 19.3 Å². The van der Waals surface area contributed by atoms with Gasteiger partial charge in [-0.05, 0) is 12.8 Å². The molecule has 1 rings (SSSR count). The highest BCUT2D eigenvalue weighted by Gasteiger charge is 2.16. The molecule has 0 radical (unpaired) electrons. The molecule has 0 amide bonds. The van der Waals surface area contributed by atoms with E-state index in [1.807, 2.05) is 0 Å². The van der Waals surface area contributed by atoms with Crippen LogP contribution in [0.2, 0.25) is 0 Å².